The van der Waals surface area contributed by atoms with Gasteiger partial charge in [0.25, 0.3) is 5.56 Å². The number of nitrogens with zero attached hydrogens (tertiary/aromatic N) is 4. The summed E-state index contributed by atoms with van der Waals surface area (Å²) in [5, 5.41) is 8.06. The van der Waals surface area contributed by atoms with Crippen LogP contribution in [0.15, 0.2) is 51.9 Å². The van der Waals surface area contributed by atoms with Gasteiger partial charge in [-0.05, 0) is 37.1 Å². The van der Waals surface area contributed by atoms with E-state index in [1.165, 1.54) is 17.5 Å². The Kier molecular flexibility index (Phi) is 7.52. The molecule has 0 radical (unpaired) electrons. The van der Waals surface area contributed by atoms with E-state index < -0.39 is 35.9 Å². The number of carbonyl (C=O) groups excluding carboxylic acids is 1. The molecule has 0 aliphatic carbocycles. The number of likely N-dealkylation sites (tertiary alicyclic amines) is 1. The summed E-state index contributed by atoms with van der Waals surface area (Å²) in [7, 11) is 0. The molecule has 0 spiro atoms. The second kappa shape index (κ2) is 10.7. The lowest BCUT2D eigenvalue weighted by Gasteiger charge is -2.31. The molecule has 0 bridgehead atoms. The number of halogens is 5. The number of rotatable bonds is 5. The molecule has 2 aliphatic rings. The SMILES string of the molecule is O=C(Cn1cccc(C(F)(F)F)c1=O)N1CCC(c2nc(C3=NOC(c4c(Cl)cccc4Cl)C3)cs2)CC1. The Morgan fingerprint density at radius 1 is 1.13 bits per heavy atom. The first-order valence-electron chi connectivity index (χ1n) is 11.8. The van der Waals surface area contributed by atoms with E-state index in [9.17, 15) is 22.8 Å². The van der Waals surface area contributed by atoms with E-state index >= 15 is 0 Å². The number of carbonyl (C=O) groups is 1. The first kappa shape index (κ1) is 26.7. The van der Waals surface area contributed by atoms with Crippen molar-refractivity contribution in [3.05, 3.63) is 84.1 Å². The summed E-state index contributed by atoms with van der Waals surface area (Å²) in [5.74, 6) is -0.266. The van der Waals surface area contributed by atoms with Crippen LogP contribution in [-0.4, -0.2) is 39.2 Å². The normalized spacial score (nSPS) is 18.4. The van der Waals surface area contributed by atoms with Gasteiger partial charge in [0.15, 0.2) is 6.10 Å². The third-order valence-electron chi connectivity index (χ3n) is 6.64. The number of thiazole rings is 1. The molecule has 2 aromatic heterocycles. The molecule has 200 valence electrons. The summed E-state index contributed by atoms with van der Waals surface area (Å²) in [6.45, 7) is 0.401. The molecule has 1 unspecified atom stereocenters. The van der Waals surface area contributed by atoms with Crippen molar-refractivity contribution in [1.29, 1.82) is 0 Å². The zero-order chi connectivity index (χ0) is 27.0. The molecule has 1 atom stereocenters. The highest BCUT2D eigenvalue weighted by molar-refractivity contribution is 7.10. The smallest absolute Gasteiger partial charge is 0.387 e. The third-order valence-corrected chi connectivity index (χ3v) is 8.30. The monoisotopic (exact) mass is 584 g/mol. The van der Waals surface area contributed by atoms with Gasteiger partial charge in [-0.15, -0.1) is 11.3 Å². The van der Waals surface area contributed by atoms with Gasteiger partial charge in [0.05, 0.1) is 10.7 Å². The van der Waals surface area contributed by atoms with Crippen LogP contribution in [-0.2, 0) is 22.4 Å². The van der Waals surface area contributed by atoms with Gasteiger partial charge in [0.1, 0.15) is 17.8 Å². The third kappa shape index (κ3) is 5.45. The van der Waals surface area contributed by atoms with Crippen molar-refractivity contribution in [2.24, 2.45) is 5.16 Å². The van der Waals surface area contributed by atoms with Gasteiger partial charge in [0.2, 0.25) is 5.91 Å². The van der Waals surface area contributed by atoms with Crippen LogP contribution in [0, 0.1) is 0 Å². The number of hydrogen-bond acceptors (Lipinski definition) is 6. The minimum absolute atomic E-state index is 0.130. The zero-order valence-corrected chi connectivity index (χ0v) is 22.1. The molecule has 0 saturated carbocycles. The van der Waals surface area contributed by atoms with Crippen LogP contribution in [0.4, 0.5) is 13.2 Å². The van der Waals surface area contributed by atoms with Crippen LogP contribution in [0.25, 0.3) is 0 Å². The van der Waals surface area contributed by atoms with Crippen molar-refractivity contribution in [3.63, 3.8) is 0 Å². The first-order valence-corrected chi connectivity index (χ1v) is 13.4. The summed E-state index contributed by atoms with van der Waals surface area (Å²) in [4.78, 5) is 36.8. The second-order valence-electron chi connectivity index (χ2n) is 9.05. The number of benzene rings is 1. The van der Waals surface area contributed by atoms with E-state index in [1.807, 2.05) is 5.38 Å². The summed E-state index contributed by atoms with van der Waals surface area (Å²) in [5.41, 5.74) is -0.402. The lowest BCUT2D eigenvalue weighted by atomic mass is 9.97. The number of hydrogen-bond donors (Lipinski definition) is 0. The number of amides is 1. The van der Waals surface area contributed by atoms with Gasteiger partial charge < -0.3 is 14.3 Å². The number of aromatic nitrogens is 2. The van der Waals surface area contributed by atoms with Crippen molar-refractivity contribution in [1.82, 2.24) is 14.5 Å². The molecule has 0 N–H and O–H groups in total. The molecular weight excluding hydrogens is 564 g/mol. The summed E-state index contributed by atoms with van der Waals surface area (Å²) in [6, 6.07) is 7.10. The first-order chi connectivity index (χ1) is 18.1. The molecule has 7 nitrogen and oxygen atoms in total. The van der Waals surface area contributed by atoms with Crippen LogP contribution in [0.1, 0.15) is 53.1 Å². The quantitative estimate of drug-likeness (QED) is 0.374. The molecule has 4 heterocycles. The van der Waals surface area contributed by atoms with Crippen molar-refractivity contribution in [2.45, 2.75) is 44.0 Å². The predicted octanol–water partition coefficient (Wildman–Crippen LogP) is 5.90. The fraction of sp³-hybridized carbons (Fsp3) is 0.360. The Labute approximate surface area is 229 Å². The summed E-state index contributed by atoms with van der Waals surface area (Å²) < 4.78 is 39.9. The van der Waals surface area contributed by atoms with Crippen molar-refractivity contribution in [2.75, 3.05) is 13.1 Å². The van der Waals surface area contributed by atoms with Gasteiger partial charge in [-0.3, -0.25) is 9.59 Å². The molecule has 38 heavy (non-hydrogen) atoms. The average molecular weight is 585 g/mol. The fourth-order valence-corrected chi connectivity index (χ4v) is 6.25. The maximum absolute atomic E-state index is 13.0. The maximum atomic E-state index is 13.0. The summed E-state index contributed by atoms with van der Waals surface area (Å²) in [6.07, 6.45) is -2.19. The van der Waals surface area contributed by atoms with Crippen LogP contribution in [0.2, 0.25) is 10.0 Å². The highest BCUT2D eigenvalue weighted by atomic mass is 35.5. The Bertz CT molecular complexity index is 1430. The zero-order valence-electron chi connectivity index (χ0n) is 19.8. The van der Waals surface area contributed by atoms with Crippen LogP contribution < -0.4 is 5.56 Å². The number of alkyl halides is 3. The van der Waals surface area contributed by atoms with Gasteiger partial charge in [-0.25, -0.2) is 4.98 Å². The Balaban J connectivity index is 1.18. The minimum Gasteiger partial charge on any atom is -0.387 e. The van der Waals surface area contributed by atoms with Gasteiger partial charge >= 0.3 is 6.18 Å². The highest BCUT2D eigenvalue weighted by Gasteiger charge is 2.35. The van der Waals surface area contributed by atoms with E-state index in [0.29, 0.717) is 59.7 Å². The average Bonchev–Trinajstić information content (AvgIpc) is 3.55. The van der Waals surface area contributed by atoms with Gasteiger partial charge in [-0.2, -0.15) is 13.2 Å². The van der Waals surface area contributed by atoms with Gasteiger partial charge in [-0.1, -0.05) is 34.4 Å². The Morgan fingerprint density at radius 3 is 2.53 bits per heavy atom. The number of piperidine rings is 1. The lowest BCUT2D eigenvalue weighted by Crippen LogP contribution is -2.41. The van der Waals surface area contributed by atoms with E-state index in [2.05, 4.69) is 5.16 Å². The molecule has 2 aliphatic heterocycles. The van der Waals surface area contributed by atoms with E-state index in [0.717, 1.165) is 21.3 Å². The lowest BCUT2D eigenvalue weighted by molar-refractivity contribution is -0.139. The predicted molar refractivity (Wildman–Crippen MR) is 138 cm³/mol. The van der Waals surface area contributed by atoms with Crippen LogP contribution in [0.3, 0.4) is 0 Å². The van der Waals surface area contributed by atoms with E-state index in [4.69, 9.17) is 33.0 Å². The molecule has 13 heteroatoms. The fourth-order valence-electron chi connectivity index (χ4n) is 4.61. The largest absolute Gasteiger partial charge is 0.421 e. The molecule has 1 aromatic carbocycles. The van der Waals surface area contributed by atoms with Crippen LogP contribution in [0.5, 0.6) is 0 Å². The molecule has 3 aromatic rings. The Morgan fingerprint density at radius 2 is 1.84 bits per heavy atom. The van der Waals surface area contributed by atoms with E-state index in [-0.39, 0.29) is 5.92 Å². The molecule has 1 saturated heterocycles. The molecular formula is C25H21Cl2F3N4O3S. The summed E-state index contributed by atoms with van der Waals surface area (Å²) >= 11 is 14.1. The maximum Gasteiger partial charge on any atom is 0.421 e. The number of pyridine rings is 1. The van der Waals surface area contributed by atoms with Crippen molar-refractivity contribution < 1.29 is 22.8 Å². The number of oxime groups is 1. The Hall–Kier alpha value is -2.89. The molecule has 1 fully saturated rings. The van der Waals surface area contributed by atoms with E-state index in [1.54, 1.807) is 23.1 Å². The van der Waals surface area contributed by atoms with Crippen LogP contribution >= 0.6 is 34.5 Å². The topological polar surface area (TPSA) is 76.8 Å². The minimum atomic E-state index is -4.77. The highest BCUT2D eigenvalue weighted by Crippen LogP contribution is 2.39. The second-order valence-corrected chi connectivity index (χ2v) is 10.8. The molecule has 5 rings (SSSR count). The van der Waals surface area contributed by atoms with Gasteiger partial charge in [0, 0.05) is 52.6 Å². The molecule has 1 amide bonds. The van der Waals surface area contributed by atoms with Crippen molar-refractivity contribution >= 4 is 46.2 Å². The standard InChI is InChI=1S/C25H21Cl2F3N4O3S/c26-16-4-1-5-17(27)22(16)20-11-18(32-37-20)19-13-38-23(31-19)14-6-9-33(10-7-14)21(35)12-34-8-2-3-15(24(34)36)25(28,29)30/h1-5,8,13-14,20H,6-7,9-12H2. The van der Waals surface area contributed by atoms with Crippen molar-refractivity contribution in [3.8, 4) is 0 Å².